The summed E-state index contributed by atoms with van der Waals surface area (Å²) in [5, 5.41) is 8.95. The Morgan fingerprint density at radius 2 is 2.00 bits per heavy atom. The van der Waals surface area contributed by atoms with Crippen molar-refractivity contribution in [1.82, 2.24) is 0 Å². The molecule has 4 nitrogen and oxygen atoms in total. The van der Waals surface area contributed by atoms with Gasteiger partial charge in [-0.2, -0.15) is 0 Å². The van der Waals surface area contributed by atoms with Crippen molar-refractivity contribution < 1.29 is 19.5 Å². The van der Waals surface area contributed by atoms with Crippen molar-refractivity contribution in [2.75, 3.05) is 0 Å². The van der Waals surface area contributed by atoms with Crippen molar-refractivity contribution in [2.24, 2.45) is 11.3 Å². The van der Waals surface area contributed by atoms with E-state index in [2.05, 4.69) is 15.9 Å². The number of rotatable bonds is 3. The van der Waals surface area contributed by atoms with Crippen LogP contribution in [0.25, 0.3) is 0 Å². The lowest BCUT2D eigenvalue weighted by Crippen LogP contribution is -2.55. The highest BCUT2D eigenvalue weighted by Crippen LogP contribution is 2.50. The number of aliphatic carboxylic acids is 1. The smallest absolute Gasteiger partial charge is 0.303 e. The maximum Gasteiger partial charge on any atom is 0.303 e. The molecule has 18 heavy (non-hydrogen) atoms. The topological polar surface area (TPSA) is 71.4 Å². The summed E-state index contributed by atoms with van der Waals surface area (Å²) in [5.74, 6) is -1.93. The molecule has 0 saturated heterocycles. The first kappa shape index (κ1) is 15.1. The van der Waals surface area contributed by atoms with Crippen molar-refractivity contribution in [3.63, 3.8) is 0 Å². The molecule has 0 aliphatic heterocycles. The minimum absolute atomic E-state index is 0.120. The molecule has 0 aromatic rings. The average molecular weight is 317 g/mol. The molecule has 2 unspecified atom stereocenters. The summed E-state index contributed by atoms with van der Waals surface area (Å²) in [6.45, 7) is 6.64. The van der Waals surface area contributed by atoms with Gasteiger partial charge < -0.3 is 5.11 Å². The molecule has 0 amide bonds. The van der Waals surface area contributed by atoms with Crippen molar-refractivity contribution in [3.8, 4) is 0 Å². The molecule has 1 rings (SSSR count). The van der Waals surface area contributed by atoms with E-state index >= 15 is 0 Å². The highest BCUT2D eigenvalue weighted by atomic mass is 79.9. The molecular weight excluding hydrogens is 300 g/mol. The molecule has 0 saturated carbocycles. The van der Waals surface area contributed by atoms with Crippen LogP contribution in [-0.2, 0) is 14.4 Å². The van der Waals surface area contributed by atoms with E-state index in [1.54, 1.807) is 27.7 Å². The fraction of sp³-hybridized carbons (Fsp3) is 0.615. The Morgan fingerprint density at radius 3 is 2.44 bits per heavy atom. The van der Waals surface area contributed by atoms with E-state index in [1.165, 1.54) is 6.08 Å². The summed E-state index contributed by atoms with van der Waals surface area (Å²) in [5.41, 5.74) is -0.434. The summed E-state index contributed by atoms with van der Waals surface area (Å²) in [6, 6.07) is 0. The van der Waals surface area contributed by atoms with Gasteiger partial charge in [-0.15, -0.1) is 0 Å². The van der Waals surface area contributed by atoms with Crippen LogP contribution in [0.1, 0.15) is 34.1 Å². The maximum absolute atomic E-state index is 12.2. The van der Waals surface area contributed by atoms with Gasteiger partial charge in [0.1, 0.15) is 4.32 Å². The highest BCUT2D eigenvalue weighted by Gasteiger charge is 2.56. The number of Topliss-reactive ketones (excluding diaryl/α,β-unsaturated/α-hetero) is 1. The van der Waals surface area contributed by atoms with E-state index in [9.17, 15) is 14.4 Å². The van der Waals surface area contributed by atoms with E-state index in [4.69, 9.17) is 5.11 Å². The third kappa shape index (κ3) is 2.16. The lowest BCUT2D eigenvalue weighted by Gasteiger charge is -2.45. The van der Waals surface area contributed by atoms with Gasteiger partial charge in [0.15, 0.2) is 11.6 Å². The predicted molar refractivity (Wildman–Crippen MR) is 70.6 cm³/mol. The zero-order valence-electron chi connectivity index (χ0n) is 10.9. The minimum atomic E-state index is -1.16. The van der Waals surface area contributed by atoms with E-state index in [0.29, 0.717) is 5.57 Å². The standard InChI is InChI=1S/C13H17BrO4/c1-7-5-9(15)13(14,8(2)11(7)18)12(3,4)6-10(16)17/h5,8H,6H2,1-4H3,(H,16,17). The minimum Gasteiger partial charge on any atom is -0.481 e. The Morgan fingerprint density at radius 1 is 1.50 bits per heavy atom. The largest absolute Gasteiger partial charge is 0.481 e. The second-order valence-corrected chi connectivity index (χ2v) is 6.69. The van der Waals surface area contributed by atoms with E-state index in [1.807, 2.05) is 0 Å². The number of carboxylic acids is 1. The number of halogens is 1. The second-order valence-electron chi connectivity index (χ2n) is 5.44. The molecule has 0 aromatic carbocycles. The molecule has 0 radical (unpaired) electrons. The quantitative estimate of drug-likeness (QED) is 0.811. The van der Waals surface area contributed by atoms with Gasteiger partial charge in [0.05, 0.1) is 6.42 Å². The molecule has 0 bridgehead atoms. The number of hydrogen-bond donors (Lipinski definition) is 1. The Labute approximate surface area is 115 Å². The molecule has 1 N–H and O–H groups in total. The van der Waals surface area contributed by atoms with E-state index < -0.39 is 21.6 Å². The summed E-state index contributed by atoms with van der Waals surface area (Å²) >= 11 is 3.37. The van der Waals surface area contributed by atoms with Crippen LogP contribution in [0.2, 0.25) is 0 Å². The van der Waals surface area contributed by atoms with Crippen molar-refractivity contribution in [3.05, 3.63) is 11.6 Å². The first-order valence-electron chi connectivity index (χ1n) is 5.71. The fourth-order valence-electron chi connectivity index (χ4n) is 2.53. The molecule has 1 aliphatic carbocycles. The number of carbonyl (C=O) groups excluding carboxylic acids is 2. The van der Waals surface area contributed by atoms with E-state index in [0.717, 1.165) is 0 Å². The van der Waals surface area contributed by atoms with Crippen LogP contribution >= 0.6 is 15.9 Å². The van der Waals surface area contributed by atoms with Gasteiger partial charge in [0.2, 0.25) is 0 Å². The van der Waals surface area contributed by atoms with Gasteiger partial charge in [0.25, 0.3) is 0 Å². The summed E-state index contributed by atoms with van der Waals surface area (Å²) in [7, 11) is 0. The van der Waals surface area contributed by atoms with Crippen LogP contribution in [0.3, 0.4) is 0 Å². The molecule has 2 atom stereocenters. The zero-order chi connectivity index (χ0) is 14.3. The number of carboxylic acid groups (broad SMARTS) is 1. The Hall–Kier alpha value is -0.970. The number of hydrogen-bond acceptors (Lipinski definition) is 3. The number of alkyl halides is 1. The van der Waals surface area contributed by atoms with Crippen molar-refractivity contribution >= 4 is 33.5 Å². The van der Waals surface area contributed by atoms with E-state index in [-0.39, 0.29) is 18.0 Å². The number of ketones is 2. The summed E-state index contributed by atoms with van der Waals surface area (Å²) in [4.78, 5) is 35.2. The van der Waals surface area contributed by atoms with Crippen LogP contribution in [0.15, 0.2) is 11.6 Å². The molecule has 100 valence electrons. The lowest BCUT2D eigenvalue weighted by atomic mass is 9.64. The van der Waals surface area contributed by atoms with Crippen LogP contribution in [0, 0.1) is 11.3 Å². The van der Waals surface area contributed by atoms with Gasteiger partial charge in [-0.25, -0.2) is 0 Å². The first-order valence-corrected chi connectivity index (χ1v) is 6.51. The average Bonchev–Trinajstić information content (AvgIpc) is 2.21. The zero-order valence-corrected chi connectivity index (χ0v) is 12.5. The van der Waals surface area contributed by atoms with Gasteiger partial charge in [-0.1, -0.05) is 36.7 Å². The third-order valence-electron chi connectivity index (χ3n) is 3.66. The summed E-state index contributed by atoms with van der Waals surface area (Å²) in [6.07, 6.45) is 1.12. The monoisotopic (exact) mass is 316 g/mol. The maximum atomic E-state index is 12.2. The SMILES string of the molecule is CC1=CC(=O)C(Br)(C(C)(C)CC(=O)O)C(C)C1=O. The number of carbonyl (C=O) groups is 3. The Balaban J connectivity index is 3.31. The molecule has 5 heteroatoms. The third-order valence-corrected chi connectivity index (χ3v) is 5.81. The fourth-order valence-corrected chi connectivity index (χ4v) is 3.00. The van der Waals surface area contributed by atoms with Crippen LogP contribution in [-0.4, -0.2) is 27.0 Å². The predicted octanol–water partition coefficient (Wildman–Crippen LogP) is 2.36. The van der Waals surface area contributed by atoms with Gasteiger partial charge >= 0.3 is 5.97 Å². The molecule has 0 aromatic heterocycles. The normalized spacial score (nSPS) is 29.2. The second kappa shape index (κ2) is 4.61. The summed E-state index contributed by atoms with van der Waals surface area (Å²) < 4.78 is -1.16. The molecule has 0 spiro atoms. The van der Waals surface area contributed by atoms with Gasteiger partial charge in [-0.05, 0) is 24.0 Å². The first-order chi connectivity index (χ1) is 8.04. The van der Waals surface area contributed by atoms with Crippen LogP contribution in [0.4, 0.5) is 0 Å². The molecule has 0 fully saturated rings. The molecular formula is C13H17BrO4. The highest BCUT2D eigenvalue weighted by molar-refractivity contribution is 9.10. The van der Waals surface area contributed by atoms with Crippen LogP contribution in [0.5, 0.6) is 0 Å². The van der Waals surface area contributed by atoms with Crippen molar-refractivity contribution in [2.45, 2.75) is 38.4 Å². The van der Waals surface area contributed by atoms with Gasteiger partial charge in [0, 0.05) is 5.92 Å². The van der Waals surface area contributed by atoms with Crippen LogP contribution < -0.4 is 0 Å². The van der Waals surface area contributed by atoms with Crippen molar-refractivity contribution in [1.29, 1.82) is 0 Å². The van der Waals surface area contributed by atoms with Gasteiger partial charge in [-0.3, -0.25) is 14.4 Å². The molecule has 0 heterocycles. The number of allylic oxidation sites excluding steroid dienone is 2. The Bertz CT molecular complexity index is 450. The Kier molecular flexibility index (Phi) is 3.86. The molecule has 1 aliphatic rings. The lowest BCUT2D eigenvalue weighted by molar-refractivity contribution is -0.142.